The molecular weight excluding hydrogens is 220 g/mol. The fraction of sp³-hybridized carbons (Fsp3) is 0.333. The zero-order valence-electron chi connectivity index (χ0n) is 8.20. The molecule has 1 aromatic carbocycles. The molecule has 0 aliphatic rings. The smallest absolute Gasteiger partial charge is 0.312 e. The van der Waals surface area contributed by atoms with E-state index < -0.39 is 4.92 Å². The van der Waals surface area contributed by atoms with E-state index in [1.165, 1.54) is 12.1 Å². The summed E-state index contributed by atoms with van der Waals surface area (Å²) in [6.45, 7) is 0.934. The van der Waals surface area contributed by atoms with E-state index >= 15 is 0 Å². The largest absolute Gasteiger partial charge is 0.484 e. The van der Waals surface area contributed by atoms with Crippen molar-refractivity contribution in [2.75, 3.05) is 20.2 Å². The van der Waals surface area contributed by atoms with E-state index in [-0.39, 0.29) is 16.5 Å². The van der Waals surface area contributed by atoms with Gasteiger partial charge in [-0.3, -0.25) is 10.1 Å². The van der Waals surface area contributed by atoms with E-state index in [1.807, 2.05) is 0 Å². The third kappa shape index (κ3) is 3.07. The predicted octanol–water partition coefficient (Wildman–Crippen LogP) is 1.85. The summed E-state index contributed by atoms with van der Waals surface area (Å²) >= 11 is 5.80. The molecule has 0 aliphatic carbocycles. The Hall–Kier alpha value is -1.33. The molecule has 0 saturated heterocycles. The standard InChI is InChI=1S/C9H11ClN2O3/c1-11-5-6-15-9-7(10)3-2-4-8(9)12(13)14/h2-4,11H,5-6H2,1H3. The summed E-state index contributed by atoms with van der Waals surface area (Å²) in [7, 11) is 1.77. The SMILES string of the molecule is CNCCOc1c(Cl)cccc1[N+](=O)[O-]. The summed E-state index contributed by atoms with van der Waals surface area (Å²) in [6.07, 6.45) is 0. The van der Waals surface area contributed by atoms with Crippen LogP contribution in [0.1, 0.15) is 0 Å². The number of hydrogen-bond acceptors (Lipinski definition) is 4. The molecule has 1 rings (SSSR count). The van der Waals surface area contributed by atoms with Crippen LogP contribution >= 0.6 is 11.6 Å². The summed E-state index contributed by atoms with van der Waals surface area (Å²) in [5.74, 6) is 0.124. The maximum atomic E-state index is 10.7. The normalized spacial score (nSPS) is 10.0. The van der Waals surface area contributed by atoms with Crippen LogP contribution in [0.4, 0.5) is 5.69 Å². The maximum absolute atomic E-state index is 10.7. The Morgan fingerprint density at radius 1 is 1.60 bits per heavy atom. The van der Waals surface area contributed by atoms with Crippen molar-refractivity contribution in [2.45, 2.75) is 0 Å². The fourth-order valence-electron chi connectivity index (χ4n) is 1.04. The molecule has 0 spiro atoms. The van der Waals surface area contributed by atoms with Gasteiger partial charge in [0.25, 0.3) is 0 Å². The van der Waals surface area contributed by atoms with Gasteiger partial charge in [-0.2, -0.15) is 0 Å². The molecule has 82 valence electrons. The van der Waals surface area contributed by atoms with Crippen LogP contribution in [-0.4, -0.2) is 25.1 Å². The number of para-hydroxylation sites is 1. The van der Waals surface area contributed by atoms with Crippen LogP contribution in [0.2, 0.25) is 5.02 Å². The first-order chi connectivity index (χ1) is 7.16. The van der Waals surface area contributed by atoms with Crippen molar-refractivity contribution >= 4 is 17.3 Å². The lowest BCUT2D eigenvalue weighted by atomic mass is 10.3. The Balaban J connectivity index is 2.87. The summed E-state index contributed by atoms with van der Waals surface area (Å²) in [5.41, 5.74) is -0.112. The van der Waals surface area contributed by atoms with Crippen LogP contribution in [0.3, 0.4) is 0 Å². The number of nitrogens with zero attached hydrogens (tertiary/aromatic N) is 1. The van der Waals surface area contributed by atoms with Crippen molar-refractivity contribution < 1.29 is 9.66 Å². The van der Waals surface area contributed by atoms with Crippen molar-refractivity contribution in [3.63, 3.8) is 0 Å². The van der Waals surface area contributed by atoms with Gasteiger partial charge in [0.1, 0.15) is 6.61 Å². The molecule has 0 unspecified atom stereocenters. The van der Waals surface area contributed by atoms with Crippen molar-refractivity contribution in [1.29, 1.82) is 0 Å². The zero-order chi connectivity index (χ0) is 11.3. The molecule has 0 fully saturated rings. The number of benzene rings is 1. The molecule has 0 amide bonds. The van der Waals surface area contributed by atoms with Crippen LogP contribution in [0.25, 0.3) is 0 Å². The molecule has 0 radical (unpaired) electrons. The van der Waals surface area contributed by atoms with Crippen molar-refractivity contribution in [1.82, 2.24) is 5.32 Å². The van der Waals surface area contributed by atoms with Gasteiger partial charge in [-0.1, -0.05) is 17.7 Å². The highest BCUT2D eigenvalue weighted by molar-refractivity contribution is 6.32. The lowest BCUT2D eigenvalue weighted by Crippen LogP contribution is -2.16. The Labute approximate surface area is 92.1 Å². The molecule has 1 aromatic rings. The maximum Gasteiger partial charge on any atom is 0.312 e. The predicted molar refractivity (Wildman–Crippen MR) is 57.5 cm³/mol. The molecule has 0 aliphatic heterocycles. The first kappa shape index (κ1) is 11.7. The summed E-state index contributed by atoms with van der Waals surface area (Å²) in [4.78, 5) is 10.1. The molecule has 0 atom stereocenters. The third-order valence-corrected chi connectivity index (χ3v) is 2.04. The topological polar surface area (TPSA) is 64.4 Å². The van der Waals surface area contributed by atoms with Gasteiger partial charge in [-0.15, -0.1) is 0 Å². The van der Waals surface area contributed by atoms with Crippen LogP contribution < -0.4 is 10.1 Å². The van der Waals surface area contributed by atoms with E-state index in [2.05, 4.69) is 5.32 Å². The summed E-state index contributed by atoms with van der Waals surface area (Å²) < 4.78 is 5.23. The molecular formula is C9H11ClN2O3. The second-order valence-corrected chi connectivity index (χ2v) is 3.20. The first-order valence-corrected chi connectivity index (χ1v) is 4.75. The van der Waals surface area contributed by atoms with E-state index in [0.717, 1.165) is 0 Å². The van der Waals surface area contributed by atoms with Gasteiger partial charge in [0.15, 0.2) is 0 Å². The van der Waals surface area contributed by atoms with E-state index in [4.69, 9.17) is 16.3 Å². The molecule has 15 heavy (non-hydrogen) atoms. The quantitative estimate of drug-likeness (QED) is 0.476. The molecule has 5 nitrogen and oxygen atoms in total. The Morgan fingerprint density at radius 3 is 2.93 bits per heavy atom. The van der Waals surface area contributed by atoms with Crippen molar-refractivity contribution in [3.8, 4) is 5.75 Å². The molecule has 0 saturated carbocycles. The Morgan fingerprint density at radius 2 is 2.33 bits per heavy atom. The lowest BCUT2D eigenvalue weighted by molar-refractivity contribution is -0.385. The summed E-state index contributed by atoms with van der Waals surface area (Å²) in [5, 5.41) is 13.8. The van der Waals surface area contributed by atoms with Gasteiger partial charge in [0, 0.05) is 12.6 Å². The number of rotatable bonds is 5. The van der Waals surface area contributed by atoms with E-state index in [1.54, 1.807) is 13.1 Å². The van der Waals surface area contributed by atoms with Gasteiger partial charge < -0.3 is 10.1 Å². The number of ether oxygens (including phenoxy) is 1. The van der Waals surface area contributed by atoms with Crippen LogP contribution in [0, 0.1) is 10.1 Å². The second-order valence-electron chi connectivity index (χ2n) is 2.80. The minimum Gasteiger partial charge on any atom is -0.484 e. The number of likely N-dealkylation sites (N-methyl/N-ethyl adjacent to an activating group) is 1. The minimum atomic E-state index is -0.513. The molecule has 0 aromatic heterocycles. The number of nitro benzene ring substituents is 1. The summed E-state index contributed by atoms with van der Waals surface area (Å²) in [6, 6.07) is 4.44. The number of nitro groups is 1. The molecule has 0 bridgehead atoms. The van der Waals surface area contributed by atoms with Crippen LogP contribution in [0.15, 0.2) is 18.2 Å². The zero-order valence-corrected chi connectivity index (χ0v) is 8.95. The first-order valence-electron chi connectivity index (χ1n) is 4.37. The molecule has 1 N–H and O–H groups in total. The third-order valence-electron chi connectivity index (χ3n) is 1.74. The van der Waals surface area contributed by atoms with Gasteiger partial charge in [0.2, 0.25) is 5.75 Å². The number of halogens is 1. The minimum absolute atomic E-state index is 0.112. The Bertz CT molecular complexity index is 357. The van der Waals surface area contributed by atoms with Gasteiger partial charge in [-0.05, 0) is 13.1 Å². The number of hydrogen-bond donors (Lipinski definition) is 1. The van der Waals surface area contributed by atoms with E-state index in [9.17, 15) is 10.1 Å². The van der Waals surface area contributed by atoms with Crippen LogP contribution in [0.5, 0.6) is 5.75 Å². The fourth-order valence-corrected chi connectivity index (χ4v) is 1.26. The lowest BCUT2D eigenvalue weighted by Gasteiger charge is -2.07. The van der Waals surface area contributed by atoms with Gasteiger partial charge in [0.05, 0.1) is 9.95 Å². The highest BCUT2D eigenvalue weighted by atomic mass is 35.5. The Kier molecular flexibility index (Phi) is 4.33. The van der Waals surface area contributed by atoms with Crippen LogP contribution in [-0.2, 0) is 0 Å². The molecule has 0 heterocycles. The molecule has 6 heteroatoms. The average molecular weight is 231 g/mol. The van der Waals surface area contributed by atoms with Crippen molar-refractivity contribution in [2.24, 2.45) is 0 Å². The van der Waals surface area contributed by atoms with Gasteiger partial charge >= 0.3 is 5.69 Å². The van der Waals surface area contributed by atoms with Gasteiger partial charge in [-0.25, -0.2) is 0 Å². The number of nitrogens with one attached hydrogen (secondary N) is 1. The average Bonchev–Trinajstić information content (AvgIpc) is 2.20. The highest BCUT2D eigenvalue weighted by Crippen LogP contribution is 2.34. The monoisotopic (exact) mass is 230 g/mol. The highest BCUT2D eigenvalue weighted by Gasteiger charge is 2.17. The van der Waals surface area contributed by atoms with E-state index in [0.29, 0.717) is 13.2 Å². The van der Waals surface area contributed by atoms with Crippen molar-refractivity contribution in [3.05, 3.63) is 33.3 Å². The second kappa shape index (κ2) is 5.53.